The van der Waals surface area contributed by atoms with Crippen molar-refractivity contribution in [3.05, 3.63) is 35.6 Å². The normalized spacial score (nSPS) is 26.2. The molecule has 1 atom stereocenters. The fraction of sp³-hybridized carbons (Fsp3) is 0.538. The van der Waals surface area contributed by atoms with Crippen molar-refractivity contribution in [2.45, 2.75) is 12.8 Å². The summed E-state index contributed by atoms with van der Waals surface area (Å²) in [6, 6.07) is 6.68. The minimum Gasteiger partial charge on any atom is -0.396 e. The van der Waals surface area contributed by atoms with Gasteiger partial charge in [-0.3, -0.25) is 0 Å². The van der Waals surface area contributed by atoms with Gasteiger partial charge in [0.25, 0.3) is 0 Å². The van der Waals surface area contributed by atoms with Gasteiger partial charge in [0.05, 0.1) is 6.61 Å². The van der Waals surface area contributed by atoms with Gasteiger partial charge in [-0.1, -0.05) is 12.1 Å². The van der Waals surface area contributed by atoms with Crippen LogP contribution in [0.3, 0.4) is 0 Å². The summed E-state index contributed by atoms with van der Waals surface area (Å²) in [6.07, 6.45) is 1.74. The molecule has 2 nitrogen and oxygen atoms in total. The minimum absolute atomic E-state index is 0.0808. The number of hydrogen-bond donors (Lipinski definition) is 1. The summed E-state index contributed by atoms with van der Waals surface area (Å²) in [5, 5.41) is 9.54. The van der Waals surface area contributed by atoms with E-state index in [4.69, 9.17) is 0 Å². The predicted octanol–water partition coefficient (Wildman–Crippen LogP) is 1.68. The third kappa shape index (κ3) is 2.42. The van der Waals surface area contributed by atoms with Crippen molar-refractivity contribution in [3.8, 4) is 0 Å². The molecule has 0 bridgehead atoms. The monoisotopic (exact) mass is 223 g/mol. The number of aliphatic hydroxyl groups excluding tert-OH is 1. The van der Waals surface area contributed by atoms with E-state index in [1.807, 2.05) is 6.07 Å². The second-order valence-electron chi connectivity index (χ2n) is 4.95. The van der Waals surface area contributed by atoms with Gasteiger partial charge >= 0.3 is 0 Å². The lowest BCUT2D eigenvalue weighted by Gasteiger charge is -2.26. The van der Waals surface area contributed by atoms with Crippen LogP contribution in [0.5, 0.6) is 0 Å². The first-order valence-electron chi connectivity index (χ1n) is 5.67. The fourth-order valence-electron chi connectivity index (χ4n) is 2.57. The third-order valence-electron chi connectivity index (χ3n) is 3.43. The Morgan fingerprint density at radius 3 is 2.88 bits per heavy atom. The van der Waals surface area contributed by atoms with Crippen LogP contribution >= 0.6 is 0 Å². The van der Waals surface area contributed by atoms with E-state index in [2.05, 4.69) is 11.9 Å². The molecule has 1 aromatic carbocycles. The van der Waals surface area contributed by atoms with Crippen molar-refractivity contribution >= 4 is 0 Å². The van der Waals surface area contributed by atoms with E-state index in [0.29, 0.717) is 0 Å². The first-order chi connectivity index (χ1) is 7.63. The fourth-order valence-corrected chi connectivity index (χ4v) is 2.57. The highest BCUT2D eigenvalue weighted by molar-refractivity contribution is 5.18. The molecule has 1 aromatic rings. The largest absolute Gasteiger partial charge is 0.396 e. The van der Waals surface area contributed by atoms with Crippen molar-refractivity contribution in [1.82, 2.24) is 4.90 Å². The lowest BCUT2D eigenvalue weighted by Crippen LogP contribution is -2.31. The standard InChI is InChI=1S/C13H18FNO/c1-15-6-5-13(9-15,10-16)8-11-3-2-4-12(14)7-11/h2-4,7,16H,5-6,8-10H2,1H3. The maximum atomic E-state index is 13.1. The van der Waals surface area contributed by atoms with Crippen LogP contribution in [0, 0.1) is 11.2 Å². The van der Waals surface area contributed by atoms with Gasteiger partial charge in [-0.05, 0) is 44.1 Å². The molecule has 1 aliphatic rings. The lowest BCUT2D eigenvalue weighted by atomic mass is 9.81. The summed E-state index contributed by atoms with van der Waals surface area (Å²) >= 11 is 0. The summed E-state index contributed by atoms with van der Waals surface area (Å²) in [5.41, 5.74) is 0.895. The average Bonchev–Trinajstić information content (AvgIpc) is 2.61. The Morgan fingerprint density at radius 2 is 2.31 bits per heavy atom. The van der Waals surface area contributed by atoms with Crippen LogP contribution in [0.25, 0.3) is 0 Å². The molecule has 1 N–H and O–H groups in total. The van der Waals surface area contributed by atoms with Crippen LogP contribution in [0.2, 0.25) is 0 Å². The summed E-state index contributed by atoms with van der Waals surface area (Å²) in [5.74, 6) is -0.197. The Labute approximate surface area is 95.7 Å². The van der Waals surface area contributed by atoms with Crippen LogP contribution in [-0.4, -0.2) is 36.8 Å². The van der Waals surface area contributed by atoms with Crippen LogP contribution in [0.1, 0.15) is 12.0 Å². The lowest BCUT2D eigenvalue weighted by molar-refractivity contribution is 0.132. The maximum absolute atomic E-state index is 13.1. The Morgan fingerprint density at radius 1 is 1.50 bits per heavy atom. The number of halogens is 1. The second kappa shape index (κ2) is 4.52. The molecule has 0 saturated carbocycles. The summed E-state index contributed by atoms with van der Waals surface area (Å²) in [6.45, 7) is 2.07. The van der Waals surface area contributed by atoms with Gasteiger partial charge in [0, 0.05) is 12.0 Å². The first-order valence-corrected chi connectivity index (χ1v) is 5.67. The Hall–Kier alpha value is -0.930. The van der Waals surface area contributed by atoms with E-state index >= 15 is 0 Å². The van der Waals surface area contributed by atoms with Gasteiger partial charge in [-0.2, -0.15) is 0 Å². The Balaban J connectivity index is 2.13. The topological polar surface area (TPSA) is 23.5 Å². The number of likely N-dealkylation sites (tertiary alicyclic amines) is 1. The Bertz CT molecular complexity index is 369. The molecule has 1 saturated heterocycles. The molecule has 0 aliphatic carbocycles. The number of aliphatic hydroxyl groups is 1. The van der Waals surface area contributed by atoms with Gasteiger partial charge < -0.3 is 10.0 Å². The minimum atomic E-state index is -0.197. The zero-order chi connectivity index (χ0) is 11.6. The maximum Gasteiger partial charge on any atom is 0.123 e. The molecule has 0 radical (unpaired) electrons. The molecule has 1 unspecified atom stereocenters. The van der Waals surface area contributed by atoms with Crippen LogP contribution < -0.4 is 0 Å². The smallest absolute Gasteiger partial charge is 0.123 e. The van der Waals surface area contributed by atoms with Gasteiger partial charge in [0.15, 0.2) is 0 Å². The van der Waals surface area contributed by atoms with Crippen molar-refractivity contribution in [2.24, 2.45) is 5.41 Å². The van der Waals surface area contributed by atoms with Crippen molar-refractivity contribution in [2.75, 3.05) is 26.7 Å². The highest BCUT2D eigenvalue weighted by Crippen LogP contribution is 2.33. The van der Waals surface area contributed by atoms with Crippen LogP contribution in [-0.2, 0) is 6.42 Å². The van der Waals surface area contributed by atoms with Gasteiger partial charge in [-0.25, -0.2) is 4.39 Å². The van der Waals surface area contributed by atoms with Gasteiger partial charge in [0.1, 0.15) is 5.82 Å². The summed E-state index contributed by atoms with van der Waals surface area (Å²) in [7, 11) is 2.06. The molecule has 1 heterocycles. The number of nitrogens with zero attached hydrogens (tertiary/aromatic N) is 1. The molecular formula is C13H18FNO. The van der Waals surface area contributed by atoms with E-state index in [-0.39, 0.29) is 17.8 Å². The van der Waals surface area contributed by atoms with E-state index in [1.165, 1.54) is 6.07 Å². The average molecular weight is 223 g/mol. The first kappa shape index (κ1) is 11.6. The molecule has 3 heteroatoms. The van der Waals surface area contributed by atoms with Gasteiger partial charge in [-0.15, -0.1) is 0 Å². The zero-order valence-corrected chi connectivity index (χ0v) is 9.62. The quantitative estimate of drug-likeness (QED) is 0.842. The molecule has 0 amide bonds. The SMILES string of the molecule is CN1CCC(CO)(Cc2cccc(F)c2)C1. The molecule has 1 aliphatic heterocycles. The molecule has 2 rings (SSSR count). The molecule has 16 heavy (non-hydrogen) atoms. The van der Waals surface area contributed by atoms with E-state index in [1.54, 1.807) is 12.1 Å². The predicted molar refractivity (Wildman–Crippen MR) is 61.7 cm³/mol. The molecule has 88 valence electrons. The molecule has 1 fully saturated rings. The van der Waals surface area contributed by atoms with Crippen LogP contribution in [0.15, 0.2) is 24.3 Å². The highest BCUT2D eigenvalue weighted by atomic mass is 19.1. The van der Waals surface area contributed by atoms with Crippen molar-refractivity contribution in [1.29, 1.82) is 0 Å². The Kier molecular flexibility index (Phi) is 3.26. The second-order valence-corrected chi connectivity index (χ2v) is 4.95. The van der Waals surface area contributed by atoms with Gasteiger partial charge in [0.2, 0.25) is 0 Å². The van der Waals surface area contributed by atoms with E-state index < -0.39 is 0 Å². The summed E-state index contributed by atoms with van der Waals surface area (Å²) < 4.78 is 13.1. The number of hydrogen-bond acceptors (Lipinski definition) is 2. The summed E-state index contributed by atoms with van der Waals surface area (Å²) in [4.78, 5) is 2.22. The molecule has 0 aromatic heterocycles. The number of rotatable bonds is 3. The van der Waals surface area contributed by atoms with E-state index in [9.17, 15) is 9.50 Å². The van der Waals surface area contributed by atoms with Crippen LogP contribution in [0.4, 0.5) is 4.39 Å². The zero-order valence-electron chi connectivity index (χ0n) is 9.62. The molecule has 0 spiro atoms. The van der Waals surface area contributed by atoms with Crippen molar-refractivity contribution < 1.29 is 9.50 Å². The molecular weight excluding hydrogens is 205 g/mol. The van der Waals surface area contributed by atoms with Crippen molar-refractivity contribution in [3.63, 3.8) is 0 Å². The number of benzene rings is 1. The third-order valence-corrected chi connectivity index (χ3v) is 3.43. The highest BCUT2D eigenvalue weighted by Gasteiger charge is 2.36. The van der Waals surface area contributed by atoms with E-state index in [0.717, 1.165) is 31.5 Å².